The summed E-state index contributed by atoms with van der Waals surface area (Å²) < 4.78 is 0. The van der Waals surface area contributed by atoms with Gasteiger partial charge in [-0.15, -0.1) is 0 Å². The van der Waals surface area contributed by atoms with Gasteiger partial charge in [-0.05, 0) is 28.5 Å². The number of benzene rings is 1. The van der Waals surface area contributed by atoms with E-state index in [1.165, 1.54) is 0 Å². The van der Waals surface area contributed by atoms with Crippen molar-refractivity contribution in [3.05, 3.63) is 28.8 Å². The fourth-order valence-electron chi connectivity index (χ4n) is 2.21. The molecule has 1 N–H and O–H groups in total. The molecule has 1 aromatic rings. The first-order valence-corrected chi connectivity index (χ1v) is 5.84. The van der Waals surface area contributed by atoms with Crippen LogP contribution >= 0.6 is 0 Å². The topological polar surface area (TPSA) is 37.3 Å². The first kappa shape index (κ1) is 13.8. The smallest absolute Gasteiger partial charge is 0.233 e. The maximum absolute atomic E-state index is 11.1. The molecule has 0 saturated carbocycles. The molecular weight excluding hydrogens is 212 g/mol. The number of carbonyl (C=O) groups excluding carboxylic acids is 1. The summed E-state index contributed by atoms with van der Waals surface area (Å²) in [6.45, 7) is 12.2. The number of phenols is 1. The van der Waals surface area contributed by atoms with E-state index in [9.17, 15) is 9.90 Å². The van der Waals surface area contributed by atoms with Crippen LogP contribution in [0.15, 0.2) is 12.1 Å². The Hall–Kier alpha value is -1.31. The van der Waals surface area contributed by atoms with E-state index in [1.807, 2.05) is 47.8 Å². The van der Waals surface area contributed by atoms with Crippen LogP contribution < -0.4 is 0 Å². The van der Waals surface area contributed by atoms with Crippen molar-refractivity contribution in [2.24, 2.45) is 0 Å². The van der Waals surface area contributed by atoms with Crippen LogP contribution in [0.2, 0.25) is 0 Å². The molecule has 1 aromatic carbocycles. The van der Waals surface area contributed by atoms with Crippen molar-refractivity contribution in [3.63, 3.8) is 0 Å². The van der Waals surface area contributed by atoms with Gasteiger partial charge in [0.25, 0.3) is 0 Å². The van der Waals surface area contributed by atoms with Gasteiger partial charge in [-0.2, -0.15) is 0 Å². The highest BCUT2D eigenvalue weighted by Gasteiger charge is 2.30. The lowest BCUT2D eigenvalue weighted by atomic mass is 9.73. The zero-order valence-electron chi connectivity index (χ0n) is 11.5. The number of rotatable bonds is 1. The summed E-state index contributed by atoms with van der Waals surface area (Å²) in [6, 6.07) is 3.22. The Morgan fingerprint density at radius 1 is 0.941 bits per heavy atom. The molecule has 0 spiro atoms. The first-order chi connectivity index (χ1) is 7.59. The Kier molecular flexibility index (Phi) is 3.37. The van der Waals surface area contributed by atoms with E-state index in [0.29, 0.717) is 5.56 Å². The normalized spacial score (nSPS) is 12.6. The minimum atomic E-state index is -0.209. The van der Waals surface area contributed by atoms with Crippen molar-refractivity contribution in [1.29, 1.82) is 0 Å². The first-order valence-electron chi connectivity index (χ1n) is 5.84. The van der Waals surface area contributed by atoms with Crippen LogP contribution in [-0.2, 0) is 15.6 Å². The molecule has 0 heterocycles. The summed E-state index contributed by atoms with van der Waals surface area (Å²) in [6.07, 6.45) is 1.98. The highest BCUT2D eigenvalue weighted by atomic mass is 16.3. The highest BCUT2D eigenvalue weighted by Crippen LogP contribution is 2.40. The summed E-state index contributed by atoms with van der Waals surface area (Å²) in [5.74, 6) is 0.251. The lowest BCUT2D eigenvalue weighted by molar-refractivity contribution is 0.435. The van der Waals surface area contributed by atoms with Crippen molar-refractivity contribution in [2.45, 2.75) is 52.4 Å². The maximum Gasteiger partial charge on any atom is 0.233 e. The molecule has 1 rings (SSSR count). The molecule has 0 bridgehead atoms. The van der Waals surface area contributed by atoms with E-state index in [-0.39, 0.29) is 16.6 Å². The van der Waals surface area contributed by atoms with E-state index in [0.717, 1.165) is 11.1 Å². The fraction of sp³-hybridized carbons (Fsp3) is 0.533. The predicted molar refractivity (Wildman–Crippen MR) is 70.3 cm³/mol. The van der Waals surface area contributed by atoms with Crippen LogP contribution in [0.5, 0.6) is 5.75 Å². The van der Waals surface area contributed by atoms with Gasteiger partial charge in [0.1, 0.15) is 5.75 Å². The quantitative estimate of drug-likeness (QED) is 0.806. The summed E-state index contributed by atoms with van der Waals surface area (Å²) >= 11 is 0. The SMILES string of the molecule is CC(C)(C)c1c(O)ccc([C]=O)c1C(C)(C)C. The van der Waals surface area contributed by atoms with Gasteiger partial charge in [-0.3, -0.25) is 4.79 Å². The van der Waals surface area contributed by atoms with Crippen molar-refractivity contribution in [2.75, 3.05) is 0 Å². The van der Waals surface area contributed by atoms with E-state index >= 15 is 0 Å². The third-order valence-corrected chi connectivity index (χ3v) is 2.79. The molecular formula is C15H21O2. The van der Waals surface area contributed by atoms with Crippen molar-refractivity contribution in [1.82, 2.24) is 0 Å². The molecule has 0 amide bonds. The predicted octanol–water partition coefficient (Wildman–Crippen LogP) is 3.45. The molecule has 1 radical (unpaired) electrons. The zero-order valence-corrected chi connectivity index (χ0v) is 11.5. The largest absolute Gasteiger partial charge is 0.508 e. The van der Waals surface area contributed by atoms with Gasteiger partial charge in [0.15, 0.2) is 0 Å². The van der Waals surface area contributed by atoms with Crippen molar-refractivity contribution in [3.8, 4) is 5.75 Å². The Morgan fingerprint density at radius 3 is 1.76 bits per heavy atom. The summed E-state index contributed by atoms with van der Waals surface area (Å²) in [7, 11) is 0. The van der Waals surface area contributed by atoms with Gasteiger partial charge >= 0.3 is 0 Å². The summed E-state index contributed by atoms with van der Waals surface area (Å²) in [5.41, 5.74) is 1.86. The molecule has 17 heavy (non-hydrogen) atoms. The second-order valence-corrected chi connectivity index (χ2v) is 6.48. The fourth-order valence-corrected chi connectivity index (χ4v) is 2.21. The Morgan fingerprint density at radius 2 is 1.41 bits per heavy atom. The van der Waals surface area contributed by atoms with Gasteiger partial charge in [0.05, 0.1) is 0 Å². The third kappa shape index (κ3) is 2.68. The standard InChI is InChI=1S/C15H21O2/c1-14(2,3)12-10(9-16)7-8-11(17)13(12)15(4,5)6/h7-8,17H,1-6H3. The minimum absolute atomic E-state index is 0.200. The van der Waals surface area contributed by atoms with Gasteiger partial charge in [-0.25, -0.2) is 0 Å². The van der Waals surface area contributed by atoms with E-state index in [2.05, 4.69) is 0 Å². The molecule has 0 aliphatic rings. The molecule has 93 valence electrons. The highest BCUT2D eigenvalue weighted by molar-refractivity contribution is 5.80. The van der Waals surface area contributed by atoms with Gasteiger partial charge in [0, 0.05) is 11.1 Å². The molecule has 0 atom stereocenters. The van der Waals surface area contributed by atoms with Crippen LogP contribution in [0, 0.1) is 0 Å². The molecule has 0 aliphatic heterocycles. The Balaban J connectivity index is 3.73. The maximum atomic E-state index is 11.1. The Labute approximate surface area is 104 Å². The monoisotopic (exact) mass is 233 g/mol. The van der Waals surface area contributed by atoms with Crippen molar-refractivity contribution < 1.29 is 9.90 Å². The molecule has 2 nitrogen and oxygen atoms in total. The Bertz CT molecular complexity index is 431. The van der Waals surface area contributed by atoms with Crippen LogP contribution in [0.4, 0.5) is 0 Å². The molecule has 0 unspecified atom stereocenters. The van der Waals surface area contributed by atoms with Crippen molar-refractivity contribution >= 4 is 6.29 Å². The van der Waals surface area contributed by atoms with E-state index in [1.54, 1.807) is 12.1 Å². The van der Waals surface area contributed by atoms with Gasteiger partial charge in [-0.1, -0.05) is 41.5 Å². The molecule has 0 aliphatic carbocycles. The van der Waals surface area contributed by atoms with E-state index in [4.69, 9.17) is 0 Å². The summed E-state index contributed by atoms with van der Waals surface area (Å²) in [4.78, 5) is 11.1. The lowest BCUT2D eigenvalue weighted by Crippen LogP contribution is -2.24. The zero-order chi connectivity index (χ0) is 13.4. The number of aromatic hydroxyl groups is 1. The summed E-state index contributed by atoms with van der Waals surface area (Å²) in [5, 5.41) is 10.1. The third-order valence-electron chi connectivity index (χ3n) is 2.79. The van der Waals surface area contributed by atoms with Gasteiger partial charge in [0.2, 0.25) is 6.29 Å². The second kappa shape index (κ2) is 4.17. The number of hydrogen-bond acceptors (Lipinski definition) is 2. The molecule has 0 aromatic heterocycles. The second-order valence-electron chi connectivity index (χ2n) is 6.48. The lowest BCUT2D eigenvalue weighted by Gasteiger charge is -2.31. The number of phenolic OH excluding ortho intramolecular Hbond substituents is 1. The number of hydrogen-bond donors (Lipinski definition) is 1. The van der Waals surface area contributed by atoms with Gasteiger partial charge < -0.3 is 5.11 Å². The van der Waals surface area contributed by atoms with E-state index < -0.39 is 0 Å². The average molecular weight is 233 g/mol. The van der Waals surface area contributed by atoms with Crippen LogP contribution in [-0.4, -0.2) is 11.4 Å². The minimum Gasteiger partial charge on any atom is -0.508 e. The molecule has 0 fully saturated rings. The average Bonchev–Trinajstić information content (AvgIpc) is 2.13. The van der Waals surface area contributed by atoms with Crippen LogP contribution in [0.25, 0.3) is 0 Å². The van der Waals surface area contributed by atoms with Crippen LogP contribution in [0.3, 0.4) is 0 Å². The molecule has 0 saturated heterocycles. The molecule has 2 heteroatoms. The van der Waals surface area contributed by atoms with Crippen LogP contribution in [0.1, 0.15) is 58.2 Å².